The van der Waals surface area contributed by atoms with Gasteiger partial charge in [0.1, 0.15) is 0 Å². The Bertz CT molecular complexity index is 816. The quantitative estimate of drug-likeness (QED) is 0.810. The number of aliphatic carboxylic acids is 1. The highest BCUT2D eigenvalue weighted by molar-refractivity contribution is 9.10. The Balaban J connectivity index is 2.17. The van der Waals surface area contributed by atoms with Gasteiger partial charge in [-0.25, -0.2) is 8.42 Å². The molecule has 5 nitrogen and oxygen atoms in total. The van der Waals surface area contributed by atoms with Crippen LogP contribution in [0.25, 0.3) is 0 Å². The predicted molar refractivity (Wildman–Crippen MR) is 89.5 cm³/mol. The normalized spacial score (nSPS) is 11.2. The molecule has 0 atom stereocenters. The van der Waals surface area contributed by atoms with Crippen LogP contribution in [0.15, 0.2) is 51.8 Å². The van der Waals surface area contributed by atoms with Crippen LogP contribution in [-0.2, 0) is 21.2 Å². The molecule has 0 heterocycles. The first kappa shape index (κ1) is 17.5. The molecule has 0 aromatic heterocycles. The van der Waals surface area contributed by atoms with Crippen molar-refractivity contribution in [2.45, 2.75) is 24.7 Å². The van der Waals surface area contributed by atoms with Crippen LogP contribution in [0.5, 0.6) is 0 Å². The Hall–Kier alpha value is -1.86. The first-order valence-electron chi connectivity index (χ1n) is 6.86. The maximum atomic E-state index is 12.4. The van der Waals surface area contributed by atoms with E-state index in [4.69, 9.17) is 0 Å². The van der Waals surface area contributed by atoms with E-state index in [0.717, 1.165) is 11.1 Å². The SMILES string of the molecule is Cc1ccc(NS(=O)(=O)c2ccc(CCC(=O)[O-])cc2)c(Br)c1. The molecule has 23 heavy (non-hydrogen) atoms. The number of nitrogens with one attached hydrogen (secondary N) is 1. The number of carboxylic acids is 1. The number of halogens is 1. The zero-order valence-corrected chi connectivity index (χ0v) is 14.8. The van der Waals surface area contributed by atoms with Crippen molar-refractivity contribution < 1.29 is 18.3 Å². The number of carbonyl (C=O) groups excluding carboxylic acids is 1. The third-order valence-corrected chi connectivity index (χ3v) is 5.26. The first-order chi connectivity index (χ1) is 10.8. The second-order valence-corrected chi connectivity index (χ2v) is 7.64. The lowest BCUT2D eigenvalue weighted by atomic mass is 10.1. The maximum Gasteiger partial charge on any atom is 0.261 e. The molecule has 2 aromatic carbocycles. The molecule has 0 bridgehead atoms. The first-order valence-corrected chi connectivity index (χ1v) is 9.13. The number of benzene rings is 2. The van der Waals surface area contributed by atoms with Gasteiger partial charge >= 0.3 is 0 Å². The Morgan fingerprint density at radius 3 is 2.39 bits per heavy atom. The van der Waals surface area contributed by atoms with Crippen LogP contribution in [0.3, 0.4) is 0 Å². The average Bonchev–Trinajstić information content (AvgIpc) is 2.48. The summed E-state index contributed by atoms with van der Waals surface area (Å²) in [5.74, 6) is -1.13. The minimum Gasteiger partial charge on any atom is -0.550 e. The van der Waals surface area contributed by atoms with E-state index in [1.807, 2.05) is 19.1 Å². The lowest BCUT2D eigenvalue weighted by molar-refractivity contribution is -0.305. The number of aryl methyl sites for hydroxylation is 2. The van der Waals surface area contributed by atoms with Gasteiger partial charge in [0.05, 0.1) is 10.6 Å². The molecule has 122 valence electrons. The molecule has 0 spiro atoms. The fourth-order valence-corrected chi connectivity index (χ4v) is 3.79. The molecule has 0 unspecified atom stereocenters. The predicted octanol–water partition coefficient (Wildman–Crippen LogP) is 2.24. The van der Waals surface area contributed by atoms with Crippen LogP contribution in [-0.4, -0.2) is 14.4 Å². The second kappa shape index (κ2) is 7.14. The number of hydrogen-bond acceptors (Lipinski definition) is 4. The van der Waals surface area contributed by atoms with E-state index in [1.54, 1.807) is 18.2 Å². The van der Waals surface area contributed by atoms with Crippen LogP contribution in [0.4, 0.5) is 5.69 Å². The van der Waals surface area contributed by atoms with Crippen molar-refractivity contribution in [2.24, 2.45) is 0 Å². The van der Waals surface area contributed by atoms with Crippen molar-refractivity contribution in [1.29, 1.82) is 0 Å². The molecule has 0 amide bonds. The van der Waals surface area contributed by atoms with E-state index in [-0.39, 0.29) is 11.3 Å². The van der Waals surface area contributed by atoms with E-state index < -0.39 is 16.0 Å². The fourth-order valence-electron chi connectivity index (χ4n) is 1.99. The monoisotopic (exact) mass is 396 g/mol. The minimum atomic E-state index is -3.71. The molecule has 2 aromatic rings. The van der Waals surface area contributed by atoms with Gasteiger partial charge in [-0.2, -0.15) is 0 Å². The van der Waals surface area contributed by atoms with Gasteiger partial charge in [0.15, 0.2) is 0 Å². The molecule has 0 aliphatic heterocycles. The Labute approximate surface area is 143 Å². The fraction of sp³-hybridized carbons (Fsp3) is 0.188. The maximum absolute atomic E-state index is 12.4. The third-order valence-electron chi connectivity index (χ3n) is 3.22. The van der Waals surface area contributed by atoms with Gasteiger partial charge in [0.2, 0.25) is 0 Å². The summed E-state index contributed by atoms with van der Waals surface area (Å²) in [6.07, 6.45) is 0.209. The number of rotatable bonds is 6. The largest absolute Gasteiger partial charge is 0.550 e. The van der Waals surface area contributed by atoms with Crippen molar-refractivity contribution >= 4 is 37.6 Å². The van der Waals surface area contributed by atoms with Crippen molar-refractivity contribution in [3.8, 4) is 0 Å². The summed E-state index contributed by atoms with van der Waals surface area (Å²) < 4.78 is 27.9. The van der Waals surface area contributed by atoms with Crippen molar-refractivity contribution in [1.82, 2.24) is 0 Å². The van der Waals surface area contributed by atoms with Gasteiger partial charge < -0.3 is 9.90 Å². The number of carboxylic acid groups (broad SMARTS) is 1. The molecule has 0 fully saturated rings. The van der Waals surface area contributed by atoms with Gasteiger partial charge in [-0.05, 0) is 71.1 Å². The van der Waals surface area contributed by atoms with E-state index in [9.17, 15) is 18.3 Å². The summed E-state index contributed by atoms with van der Waals surface area (Å²) in [7, 11) is -3.71. The summed E-state index contributed by atoms with van der Waals surface area (Å²) >= 11 is 3.33. The van der Waals surface area contributed by atoms with Gasteiger partial charge in [-0.15, -0.1) is 0 Å². The van der Waals surface area contributed by atoms with E-state index >= 15 is 0 Å². The summed E-state index contributed by atoms with van der Waals surface area (Å²) in [4.78, 5) is 10.5. The number of sulfonamides is 1. The highest BCUT2D eigenvalue weighted by atomic mass is 79.9. The highest BCUT2D eigenvalue weighted by Crippen LogP contribution is 2.26. The van der Waals surface area contributed by atoms with Gasteiger partial charge in [0.25, 0.3) is 10.0 Å². The van der Waals surface area contributed by atoms with Gasteiger partial charge in [-0.3, -0.25) is 4.72 Å². The number of hydrogen-bond donors (Lipinski definition) is 1. The molecular formula is C16H15BrNO4S-. The average molecular weight is 397 g/mol. The Kier molecular flexibility index (Phi) is 5.43. The van der Waals surface area contributed by atoms with Crippen LogP contribution in [0.2, 0.25) is 0 Å². The second-order valence-electron chi connectivity index (χ2n) is 5.10. The van der Waals surface area contributed by atoms with Gasteiger partial charge in [0, 0.05) is 10.4 Å². The van der Waals surface area contributed by atoms with E-state index in [0.29, 0.717) is 16.6 Å². The van der Waals surface area contributed by atoms with E-state index in [1.165, 1.54) is 12.1 Å². The summed E-state index contributed by atoms with van der Waals surface area (Å²) in [6.45, 7) is 1.91. The summed E-state index contributed by atoms with van der Waals surface area (Å²) in [6, 6.07) is 11.4. The molecule has 7 heteroatoms. The molecule has 0 aliphatic rings. The third kappa shape index (κ3) is 4.80. The lowest BCUT2D eigenvalue weighted by Crippen LogP contribution is -2.22. The van der Waals surface area contributed by atoms with Gasteiger partial charge in [-0.1, -0.05) is 18.2 Å². The topological polar surface area (TPSA) is 86.3 Å². The minimum absolute atomic E-state index is 0.0966. The molecule has 0 aliphatic carbocycles. The summed E-state index contributed by atoms with van der Waals surface area (Å²) in [5, 5.41) is 10.4. The van der Waals surface area contributed by atoms with Crippen LogP contribution < -0.4 is 9.83 Å². The van der Waals surface area contributed by atoms with Crippen molar-refractivity contribution in [3.63, 3.8) is 0 Å². The standard InChI is InChI=1S/C16H16BrNO4S/c1-11-2-8-15(14(17)10-11)18-23(21,22)13-6-3-12(4-7-13)5-9-16(19)20/h2-4,6-8,10,18H,5,9H2,1H3,(H,19,20)/p-1. The lowest BCUT2D eigenvalue weighted by Gasteiger charge is -2.11. The summed E-state index contributed by atoms with van der Waals surface area (Å²) in [5.41, 5.74) is 2.21. The smallest absolute Gasteiger partial charge is 0.261 e. The van der Waals surface area contributed by atoms with Crippen molar-refractivity contribution in [2.75, 3.05) is 4.72 Å². The Morgan fingerprint density at radius 1 is 1.17 bits per heavy atom. The van der Waals surface area contributed by atoms with Crippen molar-refractivity contribution in [3.05, 3.63) is 58.1 Å². The highest BCUT2D eigenvalue weighted by Gasteiger charge is 2.15. The zero-order valence-electron chi connectivity index (χ0n) is 12.4. The molecule has 2 rings (SSSR count). The molecule has 1 N–H and O–H groups in total. The zero-order chi connectivity index (χ0) is 17.0. The number of anilines is 1. The Morgan fingerprint density at radius 2 is 1.83 bits per heavy atom. The molecular weight excluding hydrogens is 382 g/mol. The van der Waals surface area contributed by atoms with Crippen LogP contribution >= 0.6 is 15.9 Å². The molecule has 0 saturated carbocycles. The van der Waals surface area contributed by atoms with Crippen LogP contribution in [0, 0.1) is 6.92 Å². The molecule has 0 radical (unpaired) electrons. The van der Waals surface area contributed by atoms with E-state index in [2.05, 4.69) is 20.7 Å². The molecule has 0 saturated heterocycles. The van der Waals surface area contributed by atoms with Crippen LogP contribution in [0.1, 0.15) is 17.5 Å². The number of carbonyl (C=O) groups is 1.